The van der Waals surface area contributed by atoms with Crippen molar-refractivity contribution in [2.24, 2.45) is 5.73 Å². The summed E-state index contributed by atoms with van der Waals surface area (Å²) in [5, 5.41) is 1.65. The SMILES string of the molecule is C[SiH](C(CC(N)=O)=[N+]=[N-])c1ccccc1. The highest BCUT2D eigenvalue weighted by molar-refractivity contribution is 6.99. The average Bonchev–Trinajstić information content (AvgIpc) is 2.26. The number of hydrogen-bond donors (Lipinski definition) is 1. The van der Waals surface area contributed by atoms with Crippen molar-refractivity contribution in [3.63, 3.8) is 0 Å². The van der Waals surface area contributed by atoms with E-state index in [9.17, 15) is 4.79 Å². The molecular weight excluding hydrogens is 206 g/mol. The van der Waals surface area contributed by atoms with Crippen LogP contribution in [0, 0.1) is 0 Å². The van der Waals surface area contributed by atoms with Crippen molar-refractivity contribution < 1.29 is 9.58 Å². The van der Waals surface area contributed by atoms with Gasteiger partial charge >= 0.3 is 0 Å². The van der Waals surface area contributed by atoms with Crippen molar-refractivity contribution in [2.45, 2.75) is 13.0 Å². The van der Waals surface area contributed by atoms with Gasteiger partial charge in [0.2, 0.25) is 11.2 Å². The molecule has 0 aromatic heterocycles. The highest BCUT2D eigenvalue weighted by Gasteiger charge is 2.23. The first-order chi connectivity index (χ1) is 7.15. The maximum absolute atomic E-state index is 10.8. The van der Waals surface area contributed by atoms with Crippen molar-refractivity contribution in [3.8, 4) is 0 Å². The first kappa shape index (κ1) is 11.4. The van der Waals surface area contributed by atoms with Gasteiger partial charge in [-0.25, -0.2) is 0 Å². The average molecular weight is 219 g/mol. The number of carbonyl (C=O) groups excluding carboxylic acids is 1. The molecule has 1 unspecified atom stereocenters. The van der Waals surface area contributed by atoms with Gasteiger partial charge in [0.1, 0.15) is 6.42 Å². The maximum atomic E-state index is 10.8. The zero-order chi connectivity index (χ0) is 11.3. The van der Waals surface area contributed by atoms with Gasteiger partial charge in [0.15, 0.2) is 8.80 Å². The number of benzene rings is 1. The third-order valence-electron chi connectivity index (χ3n) is 2.28. The van der Waals surface area contributed by atoms with Crippen LogP contribution in [0.3, 0.4) is 0 Å². The minimum Gasteiger partial charge on any atom is -0.369 e. The van der Waals surface area contributed by atoms with E-state index in [0.717, 1.165) is 5.19 Å². The van der Waals surface area contributed by atoms with Crippen LogP contribution in [0.2, 0.25) is 6.55 Å². The molecule has 2 N–H and O–H groups in total. The molecule has 1 rings (SSSR count). The molecule has 0 radical (unpaired) electrons. The zero-order valence-corrected chi connectivity index (χ0v) is 9.71. The monoisotopic (exact) mass is 219 g/mol. The first-order valence-corrected chi connectivity index (χ1v) is 7.00. The number of amides is 1. The Kier molecular flexibility index (Phi) is 3.97. The third kappa shape index (κ3) is 3.16. The van der Waals surface area contributed by atoms with E-state index < -0.39 is 14.7 Å². The van der Waals surface area contributed by atoms with E-state index in [1.807, 2.05) is 36.9 Å². The van der Waals surface area contributed by atoms with Crippen molar-refractivity contribution in [1.29, 1.82) is 0 Å². The molecule has 1 amide bonds. The largest absolute Gasteiger partial charge is 0.369 e. The smallest absolute Gasteiger partial charge is 0.247 e. The second-order valence-corrected chi connectivity index (χ2v) is 6.14. The maximum Gasteiger partial charge on any atom is 0.247 e. The molecule has 0 saturated heterocycles. The fourth-order valence-corrected chi connectivity index (χ4v) is 3.25. The number of hydrogen-bond acceptors (Lipinski definition) is 1. The van der Waals surface area contributed by atoms with Crippen LogP contribution < -0.4 is 10.9 Å². The molecule has 5 heteroatoms. The summed E-state index contributed by atoms with van der Waals surface area (Å²) in [6, 6.07) is 9.73. The Balaban J connectivity index is 2.88. The lowest BCUT2D eigenvalue weighted by molar-refractivity contribution is -0.117. The molecule has 0 saturated carbocycles. The van der Waals surface area contributed by atoms with Crippen molar-refractivity contribution in [2.75, 3.05) is 0 Å². The summed E-state index contributed by atoms with van der Waals surface area (Å²) >= 11 is 0. The van der Waals surface area contributed by atoms with E-state index in [1.54, 1.807) is 0 Å². The topological polar surface area (TPSA) is 79.5 Å². The predicted molar refractivity (Wildman–Crippen MR) is 61.5 cm³/mol. The molecular formula is C10H13N3OSi. The Morgan fingerprint density at radius 1 is 1.47 bits per heavy atom. The highest BCUT2D eigenvalue weighted by Crippen LogP contribution is 1.93. The molecule has 0 spiro atoms. The summed E-state index contributed by atoms with van der Waals surface area (Å²) in [7, 11) is -1.53. The van der Waals surface area contributed by atoms with Gasteiger partial charge in [-0.1, -0.05) is 42.1 Å². The van der Waals surface area contributed by atoms with Crippen LogP contribution >= 0.6 is 0 Å². The van der Waals surface area contributed by atoms with Crippen LogP contribution in [0.25, 0.3) is 5.53 Å². The fourth-order valence-electron chi connectivity index (χ4n) is 1.39. The molecule has 0 aliphatic rings. The summed E-state index contributed by atoms with van der Waals surface area (Å²) in [4.78, 5) is 13.9. The summed E-state index contributed by atoms with van der Waals surface area (Å²) in [6.45, 7) is 2.01. The molecule has 0 aliphatic heterocycles. The standard InChI is InChI=1S/C10H13N3OSi/c1-15(8-5-3-2-4-6-8)10(13-12)7-9(11)14/h2-6,15H,7H2,1H3,(H2,11,14). The summed E-state index contributed by atoms with van der Waals surface area (Å²) in [5.74, 6) is -0.460. The van der Waals surface area contributed by atoms with Crippen LogP contribution in [0.15, 0.2) is 30.3 Å². The van der Waals surface area contributed by atoms with Crippen LogP contribution in [0.5, 0.6) is 0 Å². The number of rotatable bonds is 4. The van der Waals surface area contributed by atoms with Gasteiger partial charge in [0.05, 0.1) is 0 Å². The Bertz CT molecular complexity index is 398. The van der Waals surface area contributed by atoms with E-state index in [1.165, 1.54) is 0 Å². The fraction of sp³-hybridized carbons (Fsp3) is 0.200. The Hall–Kier alpha value is -1.71. The van der Waals surface area contributed by atoms with E-state index in [-0.39, 0.29) is 6.42 Å². The van der Waals surface area contributed by atoms with Crippen LogP contribution in [0.4, 0.5) is 0 Å². The normalized spacial score (nSPS) is 11.5. The Labute approximate surface area is 90.0 Å². The van der Waals surface area contributed by atoms with E-state index >= 15 is 0 Å². The van der Waals surface area contributed by atoms with Gasteiger partial charge in [0, 0.05) is 0 Å². The molecule has 1 aromatic rings. The molecule has 1 atom stereocenters. The third-order valence-corrected chi connectivity index (χ3v) is 4.99. The van der Waals surface area contributed by atoms with Gasteiger partial charge < -0.3 is 11.3 Å². The van der Waals surface area contributed by atoms with Crippen molar-refractivity contribution in [1.82, 2.24) is 0 Å². The summed E-state index contributed by atoms with van der Waals surface area (Å²) in [5.41, 5.74) is 13.9. The van der Waals surface area contributed by atoms with Gasteiger partial charge in [-0.15, -0.1) is 0 Å². The summed E-state index contributed by atoms with van der Waals surface area (Å²) < 4.78 is 0. The molecule has 0 fully saturated rings. The van der Waals surface area contributed by atoms with Gasteiger partial charge in [-0.05, 0) is 0 Å². The minimum absolute atomic E-state index is 0.0405. The van der Waals surface area contributed by atoms with Gasteiger partial charge in [-0.3, -0.25) is 4.79 Å². The van der Waals surface area contributed by atoms with Crippen LogP contribution in [0.1, 0.15) is 6.42 Å². The predicted octanol–water partition coefficient (Wildman–Crippen LogP) is -0.164. The Morgan fingerprint density at radius 2 is 2.07 bits per heavy atom. The molecule has 4 nitrogen and oxygen atoms in total. The number of nitrogens with zero attached hydrogens (tertiary/aromatic N) is 2. The number of primary amides is 1. The molecule has 0 bridgehead atoms. The van der Waals surface area contributed by atoms with Gasteiger partial charge in [0.25, 0.3) is 0 Å². The lowest BCUT2D eigenvalue weighted by Crippen LogP contribution is -2.38. The second-order valence-electron chi connectivity index (χ2n) is 3.37. The quantitative estimate of drug-likeness (QED) is 0.324. The van der Waals surface area contributed by atoms with Gasteiger partial charge in [-0.2, -0.15) is 4.79 Å². The van der Waals surface area contributed by atoms with Crippen molar-refractivity contribution >= 4 is 25.2 Å². The van der Waals surface area contributed by atoms with Crippen LogP contribution in [-0.4, -0.2) is 24.8 Å². The second kappa shape index (κ2) is 5.24. The number of nitrogens with two attached hydrogens (primary N) is 1. The first-order valence-electron chi connectivity index (χ1n) is 4.69. The van der Waals surface area contributed by atoms with Crippen molar-refractivity contribution in [3.05, 3.63) is 35.9 Å². The lowest BCUT2D eigenvalue weighted by atomic mass is 10.4. The highest BCUT2D eigenvalue weighted by atomic mass is 28.3. The lowest BCUT2D eigenvalue weighted by Gasteiger charge is -2.03. The molecule has 78 valence electrons. The van der Waals surface area contributed by atoms with E-state index in [4.69, 9.17) is 11.3 Å². The molecule has 15 heavy (non-hydrogen) atoms. The van der Waals surface area contributed by atoms with E-state index in [2.05, 4.69) is 4.79 Å². The molecule has 1 aromatic carbocycles. The number of carbonyl (C=O) groups is 1. The molecule has 0 aliphatic carbocycles. The van der Waals surface area contributed by atoms with E-state index in [0.29, 0.717) is 5.33 Å². The zero-order valence-electron chi connectivity index (χ0n) is 8.55. The Morgan fingerprint density at radius 3 is 2.53 bits per heavy atom. The summed E-state index contributed by atoms with van der Waals surface area (Å²) in [6.07, 6.45) is 0.0405. The minimum atomic E-state index is -1.53. The van der Waals surface area contributed by atoms with Crippen LogP contribution in [-0.2, 0) is 4.79 Å². The molecule has 0 heterocycles.